The van der Waals surface area contributed by atoms with E-state index in [2.05, 4.69) is 0 Å². The third kappa shape index (κ3) is 3.67. The summed E-state index contributed by atoms with van der Waals surface area (Å²) in [6.45, 7) is 4.77. The molecule has 1 amide bonds. The van der Waals surface area contributed by atoms with E-state index in [9.17, 15) is 9.59 Å². The van der Waals surface area contributed by atoms with Gasteiger partial charge < -0.3 is 4.74 Å². The predicted molar refractivity (Wildman–Crippen MR) is 95.5 cm³/mol. The summed E-state index contributed by atoms with van der Waals surface area (Å²) in [5, 5.41) is 0. The summed E-state index contributed by atoms with van der Waals surface area (Å²) in [4.78, 5) is 29.9. The summed E-state index contributed by atoms with van der Waals surface area (Å²) < 4.78 is 7.06. The average molecular weight is 343 g/mol. The van der Waals surface area contributed by atoms with Crippen LogP contribution in [0.25, 0.3) is 5.65 Å². The van der Waals surface area contributed by atoms with Gasteiger partial charge >= 0.3 is 5.97 Å². The molecule has 1 fully saturated rings. The summed E-state index contributed by atoms with van der Waals surface area (Å²) in [5.74, 6) is 0.495. The van der Waals surface area contributed by atoms with Gasteiger partial charge in [0.2, 0.25) is 5.91 Å². The normalized spacial score (nSPS) is 15.3. The van der Waals surface area contributed by atoms with Crippen LogP contribution in [0.15, 0.2) is 18.3 Å². The number of nitrogens with zero attached hydrogens (tertiary/aromatic N) is 3. The third-order valence-electron chi connectivity index (χ3n) is 4.81. The number of amides is 1. The van der Waals surface area contributed by atoms with E-state index in [0.717, 1.165) is 35.6 Å². The number of anilines is 1. The summed E-state index contributed by atoms with van der Waals surface area (Å²) in [6.07, 6.45) is 7.71. The maximum atomic E-state index is 12.3. The van der Waals surface area contributed by atoms with E-state index in [4.69, 9.17) is 9.72 Å². The van der Waals surface area contributed by atoms with Crippen LogP contribution in [0.2, 0.25) is 0 Å². The quantitative estimate of drug-likeness (QED) is 0.629. The minimum atomic E-state index is -0.407. The van der Waals surface area contributed by atoms with E-state index < -0.39 is 5.97 Å². The predicted octanol–water partition coefficient (Wildman–Crippen LogP) is 3.56. The second-order valence-corrected chi connectivity index (χ2v) is 6.80. The highest BCUT2D eigenvalue weighted by Gasteiger charge is 2.28. The Labute approximate surface area is 147 Å². The Kier molecular flexibility index (Phi) is 5.06. The second-order valence-electron chi connectivity index (χ2n) is 6.80. The first kappa shape index (κ1) is 17.5. The van der Waals surface area contributed by atoms with E-state index in [-0.39, 0.29) is 12.6 Å². The Morgan fingerprint density at radius 1 is 1.28 bits per heavy atom. The standard InChI is InChI=1S/C19H25N3O3/c1-13-9-10-21-17(11-13)20-18(16-7-5-4-6-8-16)19(21)22(14(2)23)12-25-15(3)24/h9-11,16H,4-8,12H2,1-3H3. The lowest BCUT2D eigenvalue weighted by Crippen LogP contribution is -2.34. The number of imidazole rings is 1. The number of hydrogen-bond donors (Lipinski definition) is 0. The molecule has 0 aromatic carbocycles. The van der Waals surface area contributed by atoms with Crippen molar-refractivity contribution < 1.29 is 14.3 Å². The fourth-order valence-corrected chi connectivity index (χ4v) is 3.53. The number of carbonyl (C=O) groups excluding carboxylic acids is 2. The fourth-order valence-electron chi connectivity index (χ4n) is 3.53. The lowest BCUT2D eigenvalue weighted by molar-refractivity contribution is -0.141. The van der Waals surface area contributed by atoms with Gasteiger partial charge in [0.05, 0.1) is 5.69 Å². The zero-order valence-electron chi connectivity index (χ0n) is 15.1. The molecule has 0 saturated heterocycles. The maximum Gasteiger partial charge on any atom is 0.304 e. The van der Waals surface area contributed by atoms with Crippen molar-refractivity contribution in [3.63, 3.8) is 0 Å². The Bertz CT molecular complexity index is 791. The van der Waals surface area contributed by atoms with Gasteiger partial charge in [-0.15, -0.1) is 0 Å². The SMILES string of the molecule is CC(=O)OCN(C(C)=O)c1c(C2CCCCC2)nc2cc(C)ccn12. The maximum absolute atomic E-state index is 12.3. The van der Waals surface area contributed by atoms with Crippen LogP contribution in [-0.2, 0) is 14.3 Å². The molecule has 0 spiro atoms. The van der Waals surface area contributed by atoms with Crippen molar-refractivity contribution in [2.24, 2.45) is 0 Å². The minimum Gasteiger partial charge on any atom is -0.444 e. The highest BCUT2D eigenvalue weighted by molar-refractivity contribution is 5.92. The number of hydrogen-bond acceptors (Lipinski definition) is 4. The van der Waals surface area contributed by atoms with Crippen molar-refractivity contribution in [2.75, 3.05) is 11.6 Å². The molecule has 3 rings (SSSR count). The molecule has 6 heteroatoms. The molecular weight excluding hydrogens is 318 g/mol. The first-order valence-electron chi connectivity index (χ1n) is 8.87. The minimum absolute atomic E-state index is 0.0912. The number of carbonyl (C=O) groups is 2. The molecule has 1 saturated carbocycles. The molecule has 0 unspecified atom stereocenters. The molecule has 0 bridgehead atoms. The van der Waals surface area contributed by atoms with Crippen molar-refractivity contribution in [3.05, 3.63) is 29.6 Å². The summed E-state index contributed by atoms with van der Waals surface area (Å²) in [6, 6.07) is 4.01. The molecule has 2 heterocycles. The number of esters is 1. The van der Waals surface area contributed by atoms with E-state index >= 15 is 0 Å². The third-order valence-corrected chi connectivity index (χ3v) is 4.81. The van der Waals surface area contributed by atoms with Crippen molar-refractivity contribution >= 4 is 23.3 Å². The molecule has 0 N–H and O–H groups in total. The van der Waals surface area contributed by atoms with Gasteiger partial charge in [0.1, 0.15) is 11.5 Å². The summed E-state index contributed by atoms with van der Waals surface area (Å²) in [7, 11) is 0. The molecule has 1 aliphatic carbocycles. The van der Waals surface area contributed by atoms with E-state index in [1.807, 2.05) is 29.7 Å². The molecule has 0 radical (unpaired) electrons. The number of ether oxygens (including phenoxy) is 1. The van der Waals surface area contributed by atoms with Crippen LogP contribution in [0.4, 0.5) is 5.82 Å². The van der Waals surface area contributed by atoms with Crippen LogP contribution in [0.5, 0.6) is 0 Å². The van der Waals surface area contributed by atoms with E-state index in [0.29, 0.717) is 5.92 Å². The average Bonchev–Trinajstić information content (AvgIpc) is 2.94. The van der Waals surface area contributed by atoms with Crippen LogP contribution in [0.3, 0.4) is 0 Å². The van der Waals surface area contributed by atoms with Gasteiger partial charge in [0.25, 0.3) is 0 Å². The van der Waals surface area contributed by atoms with Crippen molar-refractivity contribution in [1.82, 2.24) is 9.38 Å². The number of rotatable bonds is 4. The van der Waals surface area contributed by atoms with Gasteiger partial charge in [0, 0.05) is 26.0 Å². The van der Waals surface area contributed by atoms with E-state index in [1.54, 1.807) is 0 Å². The van der Waals surface area contributed by atoms with Crippen molar-refractivity contribution in [3.8, 4) is 0 Å². The number of aryl methyl sites for hydroxylation is 1. The first-order valence-corrected chi connectivity index (χ1v) is 8.87. The monoisotopic (exact) mass is 343 g/mol. The smallest absolute Gasteiger partial charge is 0.304 e. The summed E-state index contributed by atoms with van der Waals surface area (Å²) >= 11 is 0. The molecular formula is C19H25N3O3. The molecule has 25 heavy (non-hydrogen) atoms. The van der Waals surface area contributed by atoms with Crippen molar-refractivity contribution in [1.29, 1.82) is 0 Å². The lowest BCUT2D eigenvalue weighted by atomic mass is 9.87. The van der Waals surface area contributed by atoms with Gasteiger partial charge in [0.15, 0.2) is 6.73 Å². The van der Waals surface area contributed by atoms with Crippen LogP contribution in [0.1, 0.15) is 63.1 Å². The lowest BCUT2D eigenvalue weighted by Gasteiger charge is -2.25. The fraction of sp³-hybridized carbons (Fsp3) is 0.526. The summed E-state index contributed by atoms with van der Waals surface area (Å²) in [5.41, 5.74) is 2.88. The molecule has 134 valence electrons. The topological polar surface area (TPSA) is 63.9 Å². The molecule has 1 aliphatic rings. The van der Waals surface area contributed by atoms with Crippen molar-refractivity contribution in [2.45, 2.75) is 58.8 Å². The number of aromatic nitrogens is 2. The van der Waals surface area contributed by atoms with Crippen LogP contribution in [-0.4, -0.2) is 28.0 Å². The number of pyridine rings is 1. The molecule has 0 aliphatic heterocycles. The van der Waals surface area contributed by atoms with Gasteiger partial charge in [-0.3, -0.25) is 18.9 Å². The Morgan fingerprint density at radius 3 is 2.64 bits per heavy atom. The second kappa shape index (κ2) is 7.25. The van der Waals surface area contributed by atoms with Crippen LogP contribution in [0, 0.1) is 6.92 Å². The largest absolute Gasteiger partial charge is 0.444 e. The van der Waals surface area contributed by atoms with Gasteiger partial charge in [-0.05, 0) is 37.5 Å². The first-order chi connectivity index (χ1) is 12.0. The zero-order chi connectivity index (χ0) is 18.0. The molecule has 6 nitrogen and oxygen atoms in total. The molecule has 0 atom stereocenters. The van der Waals surface area contributed by atoms with Gasteiger partial charge in [-0.2, -0.15) is 0 Å². The van der Waals surface area contributed by atoms with Crippen LogP contribution >= 0.6 is 0 Å². The van der Waals surface area contributed by atoms with E-state index in [1.165, 1.54) is 38.0 Å². The van der Waals surface area contributed by atoms with Gasteiger partial charge in [-0.1, -0.05) is 19.3 Å². The zero-order valence-corrected chi connectivity index (χ0v) is 15.1. The molecule has 2 aromatic heterocycles. The van der Waals surface area contributed by atoms with Crippen LogP contribution < -0.4 is 4.90 Å². The highest BCUT2D eigenvalue weighted by Crippen LogP contribution is 2.38. The Morgan fingerprint density at radius 2 is 2.00 bits per heavy atom. The Hall–Kier alpha value is -2.37. The molecule has 2 aromatic rings. The van der Waals surface area contributed by atoms with Gasteiger partial charge in [-0.25, -0.2) is 4.98 Å². The number of fused-ring (bicyclic) bond motifs is 1. The highest BCUT2D eigenvalue weighted by atomic mass is 16.5. The Balaban J connectivity index is 2.11.